The predicted molar refractivity (Wildman–Crippen MR) is 58.3 cm³/mol. The quantitative estimate of drug-likeness (QED) is 0.750. The highest BCUT2D eigenvalue weighted by atomic mass is 16.3. The van der Waals surface area contributed by atoms with Crippen LogP contribution in [0.15, 0.2) is 18.2 Å². The summed E-state index contributed by atoms with van der Waals surface area (Å²) in [5.74, 6) is 0.365. The maximum atomic E-state index is 9.58. The van der Waals surface area contributed by atoms with Gasteiger partial charge in [0.15, 0.2) is 0 Å². The predicted octanol–water partition coefficient (Wildman–Crippen LogP) is 0.955. The van der Waals surface area contributed by atoms with Gasteiger partial charge in [-0.05, 0) is 37.7 Å². The smallest absolute Gasteiger partial charge is 0.118 e. The summed E-state index contributed by atoms with van der Waals surface area (Å²) in [6, 6.07) is 5.54. The van der Waals surface area contributed by atoms with E-state index in [1.807, 2.05) is 26.2 Å². The second kappa shape index (κ2) is 4.98. The van der Waals surface area contributed by atoms with Crippen LogP contribution in [0.25, 0.3) is 0 Å². The molecule has 3 N–H and O–H groups in total. The third kappa shape index (κ3) is 3.01. The van der Waals surface area contributed by atoms with Gasteiger partial charge in [0, 0.05) is 13.1 Å². The lowest BCUT2D eigenvalue weighted by molar-refractivity contribution is 0.406. The molecule has 3 nitrogen and oxygen atoms in total. The Morgan fingerprint density at radius 1 is 1.36 bits per heavy atom. The standard InChI is InChI=1S/C11H18N2O/c1-13(2)6-5-10-7-9(8-12)3-4-11(10)14/h3-4,7,14H,5-6,8,12H2,1-2H3. The summed E-state index contributed by atoms with van der Waals surface area (Å²) in [5, 5.41) is 9.58. The molecule has 0 spiro atoms. The van der Waals surface area contributed by atoms with Crippen molar-refractivity contribution in [3.05, 3.63) is 29.3 Å². The Balaban J connectivity index is 2.73. The van der Waals surface area contributed by atoms with Crippen molar-refractivity contribution in [1.82, 2.24) is 4.90 Å². The van der Waals surface area contributed by atoms with Crippen molar-refractivity contribution >= 4 is 0 Å². The number of hydrogen-bond donors (Lipinski definition) is 2. The Bertz CT molecular complexity index is 297. The van der Waals surface area contributed by atoms with Crippen LogP contribution in [-0.4, -0.2) is 30.6 Å². The lowest BCUT2D eigenvalue weighted by atomic mass is 10.1. The van der Waals surface area contributed by atoms with Gasteiger partial charge in [0.25, 0.3) is 0 Å². The van der Waals surface area contributed by atoms with Crippen molar-refractivity contribution in [2.24, 2.45) is 5.73 Å². The first kappa shape index (κ1) is 11.0. The van der Waals surface area contributed by atoms with Crippen LogP contribution >= 0.6 is 0 Å². The highest BCUT2D eigenvalue weighted by Crippen LogP contribution is 2.18. The van der Waals surface area contributed by atoms with Gasteiger partial charge in [0.2, 0.25) is 0 Å². The molecule has 1 rings (SSSR count). The zero-order chi connectivity index (χ0) is 10.6. The molecule has 0 fully saturated rings. The van der Waals surface area contributed by atoms with Gasteiger partial charge in [-0.3, -0.25) is 0 Å². The minimum absolute atomic E-state index is 0.365. The highest BCUT2D eigenvalue weighted by molar-refractivity contribution is 5.36. The number of phenols is 1. The second-order valence-electron chi connectivity index (χ2n) is 3.72. The Morgan fingerprint density at radius 2 is 2.07 bits per heavy atom. The molecule has 0 aliphatic carbocycles. The van der Waals surface area contributed by atoms with E-state index < -0.39 is 0 Å². The summed E-state index contributed by atoms with van der Waals surface area (Å²) in [4.78, 5) is 2.09. The van der Waals surface area contributed by atoms with Crippen LogP contribution in [0.2, 0.25) is 0 Å². The van der Waals surface area contributed by atoms with Gasteiger partial charge >= 0.3 is 0 Å². The third-order valence-corrected chi connectivity index (χ3v) is 2.21. The number of phenolic OH excluding ortho intramolecular Hbond substituents is 1. The van der Waals surface area contributed by atoms with Crippen molar-refractivity contribution in [2.45, 2.75) is 13.0 Å². The molecule has 1 aromatic rings. The van der Waals surface area contributed by atoms with E-state index in [1.54, 1.807) is 6.07 Å². The van der Waals surface area contributed by atoms with Gasteiger partial charge < -0.3 is 15.7 Å². The molecule has 0 unspecified atom stereocenters. The van der Waals surface area contributed by atoms with Crippen molar-refractivity contribution in [3.63, 3.8) is 0 Å². The fourth-order valence-corrected chi connectivity index (χ4v) is 1.31. The highest BCUT2D eigenvalue weighted by Gasteiger charge is 2.02. The largest absolute Gasteiger partial charge is 0.508 e. The van der Waals surface area contributed by atoms with E-state index in [0.29, 0.717) is 12.3 Å². The van der Waals surface area contributed by atoms with Crippen molar-refractivity contribution in [1.29, 1.82) is 0 Å². The summed E-state index contributed by atoms with van der Waals surface area (Å²) < 4.78 is 0. The molecule has 14 heavy (non-hydrogen) atoms. The van der Waals surface area contributed by atoms with E-state index in [0.717, 1.165) is 24.1 Å². The van der Waals surface area contributed by atoms with Gasteiger partial charge in [-0.1, -0.05) is 12.1 Å². The first-order chi connectivity index (χ1) is 6.63. The molecule has 0 saturated carbocycles. The average molecular weight is 194 g/mol. The zero-order valence-corrected chi connectivity index (χ0v) is 8.83. The van der Waals surface area contributed by atoms with E-state index in [2.05, 4.69) is 4.90 Å². The molecule has 0 bridgehead atoms. The summed E-state index contributed by atoms with van der Waals surface area (Å²) in [7, 11) is 4.04. The molecule has 0 aromatic heterocycles. The normalized spacial score (nSPS) is 10.9. The fraction of sp³-hybridized carbons (Fsp3) is 0.455. The van der Waals surface area contributed by atoms with Crippen LogP contribution < -0.4 is 5.73 Å². The van der Waals surface area contributed by atoms with Crippen LogP contribution in [0, 0.1) is 0 Å². The van der Waals surface area contributed by atoms with Crippen molar-refractivity contribution < 1.29 is 5.11 Å². The first-order valence-corrected chi connectivity index (χ1v) is 4.79. The molecule has 0 heterocycles. The van der Waals surface area contributed by atoms with Crippen LogP contribution in [0.1, 0.15) is 11.1 Å². The molecular formula is C11H18N2O. The molecule has 0 amide bonds. The zero-order valence-electron chi connectivity index (χ0n) is 8.83. The van der Waals surface area contributed by atoms with Gasteiger partial charge in [-0.2, -0.15) is 0 Å². The Kier molecular flexibility index (Phi) is 3.92. The van der Waals surface area contributed by atoms with Crippen LogP contribution in [-0.2, 0) is 13.0 Å². The molecule has 1 aromatic carbocycles. The molecule has 0 aliphatic rings. The molecule has 78 valence electrons. The van der Waals surface area contributed by atoms with E-state index >= 15 is 0 Å². The number of likely N-dealkylation sites (N-methyl/N-ethyl adjacent to an activating group) is 1. The summed E-state index contributed by atoms with van der Waals surface area (Å²) in [6.45, 7) is 1.46. The second-order valence-corrected chi connectivity index (χ2v) is 3.72. The van der Waals surface area contributed by atoms with Crippen LogP contribution in [0.4, 0.5) is 0 Å². The minimum Gasteiger partial charge on any atom is -0.508 e. The summed E-state index contributed by atoms with van der Waals surface area (Å²) in [6.07, 6.45) is 0.854. The minimum atomic E-state index is 0.365. The van der Waals surface area contributed by atoms with Crippen molar-refractivity contribution in [2.75, 3.05) is 20.6 Å². The lowest BCUT2D eigenvalue weighted by Gasteiger charge is -2.11. The summed E-state index contributed by atoms with van der Waals surface area (Å²) in [5.41, 5.74) is 7.57. The van der Waals surface area contributed by atoms with Gasteiger partial charge in [-0.25, -0.2) is 0 Å². The fourth-order valence-electron chi connectivity index (χ4n) is 1.31. The Labute approximate surface area is 85.2 Å². The molecular weight excluding hydrogens is 176 g/mol. The first-order valence-electron chi connectivity index (χ1n) is 4.79. The number of benzene rings is 1. The van der Waals surface area contributed by atoms with E-state index in [9.17, 15) is 5.11 Å². The molecule has 3 heteroatoms. The number of nitrogens with zero attached hydrogens (tertiary/aromatic N) is 1. The molecule has 0 atom stereocenters. The number of hydrogen-bond acceptors (Lipinski definition) is 3. The molecule has 0 radical (unpaired) electrons. The van der Waals surface area contributed by atoms with Crippen molar-refractivity contribution in [3.8, 4) is 5.75 Å². The maximum Gasteiger partial charge on any atom is 0.118 e. The lowest BCUT2D eigenvalue weighted by Crippen LogP contribution is -2.15. The van der Waals surface area contributed by atoms with Crippen LogP contribution in [0.5, 0.6) is 5.75 Å². The third-order valence-electron chi connectivity index (χ3n) is 2.21. The Hall–Kier alpha value is -1.06. The van der Waals surface area contributed by atoms with Gasteiger partial charge in [-0.15, -0.1) is 0 Å². The number of rotatable bonds is 4. The number of nitrogens with two attached hydrogens (primary N) is 1. The van der Waals surface area contributed by atoms with Gasteiger partial charge in [0.05, 0.1) is 0 Å². The topological polar surface area (TPSA) is 49.5 Å². The Morgan fingerprint density at radius 3 is 2.64 bits per heavy atom. The van der Waals surface area contributed by atoms with E-state index in [-0.39, 0.29) is 0 Å². The van der Waals surface area contributed by atoms with Crippen LogP contribution in [0.3, 0.4) is 0 Å². The maximum absolute atomic E-state index is 9.58. The molecule has 0 aliphatic heterocycles. The summed E-state index contributed by atoms with van der Waals surface area (Å²) >= 11 is 0. The monoisotopic (exact) mass is 194 g/mol. The van der Waals surface area contributed by atoms with Gasteiger partial charge in [0.1, 0.15) is 5.75 Å². The van der Waals surface area contributed by atoms with E-state index in [1.165, 1.54) is 0 Å². The average Bonchev–Trinajstić information content (AvgIpc) is 2.16. The number of aromatic hydroxyl groups is 1. The molecule has 0 saturated heterocycles. The SMILES string of the molecule is CN(C)CCc1cc(CN)ccc1O. The van der Waals surface area contributed by atoms with E-state index in [4.69, 9.17) is 5.73 Å².